The Morgan fingerprint density at radius 1 is 1.35 bits per heavy atom. The number of aromatic amines is 1. The third-order valence-electron chi connectivity index (χ3n) is 3.21. The first-order valence-electron chi connectivity index (χ1n) is 7.69. The second-order valence-electron chi connectivity index (χ2n) is 4.96. The SMILES string of the molecule is CCOc1cc(OCC)c([N+](=O)[O-])cc1/C=N\n1c(=S)[nH]nc(C)c1=O. The summed E-state index contributed by atoms with van der Waals surface area (Å²) >= 11 is 4.99. The maximum atomic E-state index is 12.1. The molecule has 0 aliphatic carbocycles. The van der Waals surface area contributed by atoms with Gasteiger partial charge in [-0.05, 0) is 33.0 Å². The van der Waals surface area contributed by atoms with E-state index in [0.29, 0.717) is 17.9 Å². The predicted octanol–water partition coefficient (Wildman–Crippen LogP) is 2.20. The van der Waals surface area contributed by atoms with E-state index in [4.69, 9.17) is 21.7 Å². The summed E-state index contributed by atoms with van der Waals surface area (Å²) in [6.45, 7) is 5.60. The van der Waals surface area contributed by atoms with Gasteiger partial charge in [0, 0.05) is 17.7 Å². The van der Waals surface area contributed by atoms with Crippen molar-refractivity contribution in [2.24, 2.45) is 5.10 Å². The van der Waals surface area contributed by atoms with Crippen LogP contribution in [0.15, 0.2) is 22.0 Å². The number of nitrogens with zero attached hydrogens (tertiary/aromatic N) is 4. The Hall–Kier alpha value is -3.08. The van der Waals surface area contributed by atoms with Gasteiger partial charge in [0.05, 0.1) is 24.4 Å². The smallest absolute Gasteiger partial charge is 0.311 e. The van der Waals surface area contributed by atoms with E-state index in [1.165, 1.54) is 25.3 Å². The molecule has 11 heteroatoms. The van der Waals surface area contributed by atoms with E-state index in [1.54, 1.807) is 13.8 Å². The van der Waals surface area contributed by atoms with Crippen LogP contribution in [-0.2, 0) is 0 Å². The molecule has 1 aromatic heterocycles. The van der Waals surface area contributed by atoms with Gasteiger partial charge in [-0.15, -0.1) is 0 Å². The van der Waals surface area contributed by atoms with Gasteiger partial charge in [0.15, 0.2) is 0 Å². The minimum atomic E-state index is -0.562. The Morgan fingerprint density at radius 3 is 2.62 bits per heavy atom. The summed E-state index contributed by atoms with van der Waals surface area (Å²) < 4.78 is 11.7. The van der Waals surface area contributed by atoms with E-state index in [9.17, 15) is 14.9 Å². The van der Waals surface area contributed by atoms with Crippen LogP contribution in [0.4, 0.5) is 5.69 Å². The molecule has 0 saturated carbocycles. The molecule has 0 fully saturated rings. The van der Waals surface area contributed by atoms with Gasteiger partial charge in [-0.3, -0.25) is 20.0 Å². The monoisotopic (exact) mass is 379 g/mol. The van der Waals surface area contributed by atoms with Crippen LogP contribution >= 0.6 is 12.2 Å². The topological polar surface area (TPSA) is 125 Å². The van der Waals surface area contributed by atoms with Crippen molar-refractivity contribution in [3.05, 3.63) is 48.6 Å². The van der Waals surface area contributed by atoms with Crippen molar-refractivity contribution >= 4 is 24.1 Å². The molecule has 1 heterocycles. The molecule has 1 aromatic carbocycles. The zero-order valence-corrected chi connectivity index (χ0v) is 15.2. The fourth-order valence-electron chi connectivity index (χ4n) is 2.06. The second kappa shape index (κ2) is 8.34. The Morgan fingerprint density at radius 2 is 2.00 bits per heavy atom. The minimum Gasteiger partial charge on any atom is -0.493 e. The number of nitro groups is 1. The summed E-state index contributed by atoms with van der Waals surface area (Å²) in [6.07, 6.45) is 1.26. The highest BCUT2D eigenvalue weighted by Crippen LogP contribution is 2.34. The summed E-state index contributed by atoms with van der Waals surface area (Å²) in [5, 5.41) is 21.6. The number of hydrogen-bond donors (Lipinski definition) is 1. The highest BCUT2D eigenvalue weighted by molar-refractivity contribution is 7.71. The molecule has 10 nitrogen and oxygen atoms in total. The average Bonchev–Trinajstić information content (AvgIpc) is 2.60. The molecular weight excluding hydrogens is 362 g/mol. The summed E-state index contributed by atoms with van der Waals surface area (Å²) in [7, 11) is 0. The van der Waals surface area contributed by atoms with Gasteiger partial charge in [-0.1, -0.05) is 0 Å². The van der Waals surface area contributed by atoms with Crippen LogP contribution in [0.2, 0.25) is 0 Å². The van der Waals surface area contributed by atoms with Crippen molar-refractivity contribution < 1.29 is 14.4 Å². The summed E-state index contributed by atoms with van der Waals surface area (Å²) in [5.74, 6) is 0.423. The summed E-state index contributed by atoms with van der Waals surface area (Å²) in [5.41, 5.74) is -0.250. The minimum absolute atomic E-state index is 0.00440. The van der Waals surface area contributed by atoms with Gasteiger partial charge in [0.25, 0.3) is 5.56 Å². The Bertz CT molecular complexity index is 966. The lowest BCUT2D eigenvalue weighted by Crippen LogP contribution is -2.22. The number of rotatable bonds is 7. The van der Waals surface area contributed by atoms with E-state index >= 15 is 0 Å². The van der Waals surface area contributed by atoms with Crippen LogP contribution in [0, 0.1) is 21.8 Å². The fraction of sp³-hybridized carbons (Fsp3) is 0.333. The molecular formula is C15H17N5O5S. The van der Waals surface area contributed by atoms with Crippen molar-refractivity contribution in [3.8, 4) is 11.5 Å². The summed E-state index contributed by atoms with van der Waals surface area (Å²) in [4.78, 5) is 22.8. The lowest BCUT2D eigenvalue weighted by molar-refractivity contribution is -0.385. The molecule has 0 radical (unpaired) electrons. The number of aryl methyl sites for hydroxylation is 1. The third-order valence-corrected chi connectivity index (χ3v) is 3.48. The number of benzene rings is 1. The van der Waals surface area contributed by atoms with Gasteiger partial charge in [-0.2, -0.15) is 14.9 Å². The number of hydrogen-bond acceptors (Lipinski definition) is 8. The van der Waals surface area contributed by atoms with E-state index in [2.05, 4.69) is 15.3 Å². The molecule has 26 heavy (non-hydrogen) atoms. The normalized spacial score (nSPS) is 10.9. The molecule has 0 spiro atoms. The van der Waals surface area contributed by atoms with Gasteiger partial charge < -0.3 is 9.47 Å². The van der Waals surface area contributed by atoms with Crippen molar-refractivity contribution in [3.63, 3.8) is 0 Å². The number of nitro benzene ring substituents is 1. The molecule has 0 bridgehead atoms. The first kappa shape index (κ1) is 19.2. The van der Waals surface area contributed by atoms with Crippen molar-refractivity contribution in [1.29, 1.82) is 0 Å². The molecule has 2 rings (SSSR count). The standard InChI is InChI=1S/C15H17N5O5S/c1-4-24-12-7-13(25-5-2)11(20(22)23)6-10(12)8-16-19-14(21)9(3)17-18-15(19)26/h6-8H,4-5H2,1-3H3,(H,18,26)/b16-8-. The van der Waals surface area contributed by atoms with Crippen LogP contribution in [0.3, 0.4) is 0 Å². The molecule has 0 amide bonds. The van der Waals surface area contributed by atoms with Gasteiger partial charge in [0.2, 0.25) is 10.5 Å². The molecule has 0 atom stereocenters. The van der Waals surface area contributed by atoms with Crippen molar-refractivity contribution in [2.45, 2.75) is 20.8 Å². The highest BCUT2D eigenvalue weighted by Gasteiger charge is 2.19. The molecule has 138 valence electrons. The maximum Gasteiger partial charge on any atom is 0.311 e. The van der Waals surface area contributed by atoms with Crippen LogP contribution < -0.4 is 15.0 Å². The predicted molar refractivity (Wildman–Crippen MR) is 96.8 cm³/mol. The third kappa shape index (κ3) is 4.11. The van der Waals surface area contributed by atoms with Crippen LogP contribution in [-0.4, -0.2) is 39.2 Å². The zero-order valence-electron chi connectivity index (χ0n) is 14.4. The van der Waals surface area contributed by atoms with Gasteiger partial charge >= 0.3 is 5.69 Å². The van der Waals surface area contributed by atoms with Gasteiger partial charge in [0.1, 0.15) is 11.4 Å². The zero-order chi connectivity index (χ0) is 19.3. The van der Waals surface area contributed by atoms with Crippen LogP contribution in [0.5, 0.6) is 11.5 Å². The van der Waals surface area contributed by atoms with Gasteiger partial charge in [-0.25, -0.2) is 0 Å². The Labute approximate surface area is 153 Å². The molecule has 0 aliphatic heterocycles. The maximum absolute atomic E-state index is 12.1. The average molecular weight is 379 g/mol. The highest BCUT2D eigenvalue weighted by atomic mass is 32.1. The second-order valence-corrected chi connectivity index (χ2v) is 5.34. The Balaban J connectivity index is 2.59. The van der Waals surface area contributed by atoms with Crippen molar-refractivity contribution in [2.75, 3.05) is 13.2 Å². The summed E-state index contributed by atoms with van der Waals surface area (Å²) in [6, 6.07) is 2.69. The quantitative estimate of drug-likeness (QED) is 0.338. The van der Waals surface area contributed by atoms with Crippen LogP contribution in [0.25, 0.3) is 0 Å². The molecule has 0 saturated heterocycles. The molecule has 1 N–H and O–H groups in total. The van der Waals surface area contributed by atoms with E-state index in [0.717, 1.165) is 4.68 Å². The number of aromatic nitrogens is 3. The number of ether oxygens (including phenoxy) is 2. The van der Waals surface area contributed by atoms with Crippen molar-refractivity contribution in [1.82, 2.24) is 14.9 Å². The molecule has 0 unspecified atom stereocenters. The van der Waals surface area contributed by atoms with Crippen LogP contribution in [0.1, 0.15) is 25.1 Å². The van der Waals surface area contributed by atoms with E-state index < -0.39 is 10.5 Å². The lowest BCUT2D eigenvalue weighted by Gasteiger charge is -2.10. The number of H-pyrrole nitrogens is 1. The first-order valence-corrected chi connectivity index (χ1v) is 8.10. The largest absolute Gasteiger partial charge is 0.493 e. The lowest BCUT2D eigenvalue weighted by atomic mass is 10.1. The molecule has 2 aromatic rings. The van der Waals surface area contributed by atoms with E-state index in [-0.39, 0.29) is 28.5 Å². The number of nitrogens with one attached hydrogen (secondary N) is 1. The fourth-order valence-corrected chi connectivity index (χ4v) is 2.23. The first-order chi connectivity index (χ1) is 12.4. The van der Waals surface area contributed by atoms with E-state index in [1.807, 2.05) is 0 Å². The Kier molecular flexibility index (Phi) is 6.17. The molecule has 0 aliphatic rings.